The van der Waals surface area contributed by atoms with E-state index in [9.17, 15) is 22.0 Å². The zero-order valence-corrected chi connectivity index (χ0v) is 10.2. The molecule has 8 heteroatoms. The molecular formula is C9H4F5IN2. The predicted octanol–water partition coefficient (Wildman–Crippen LogP) is 3.71. The van der Waals surface area contributed by atoms with Gasteiger partial charge in [0.25, 0.3) is 6.43 Å². The predicted molar refractivity (Wildman–Crippen MR) is 56.2 cm³/mol. The first kappa shape index (κ1) is 14.1. The van der Waals surface area contributed by atoms with Crippen molar-refractivity contribution in [1.82, 2.24) is 4.98 Å². The highest BCUT2D eigenvalue weighted by Gasteiger charge is 2.39. The minimum atomic E-state index is -4.89. The third-order valence-electron chi connectivity index (χ3n) is 1.80. The van der Waals surface area contributed by atoms with E-state index in [0.717, 1.165) is 6.07 Å². The van der Waals surface area contributed by atoms with E-state index in [-0.39, 0.29) is 15.7 Å². The summed E-state index contributed by atoms with van der Waals surface area (Å²) in [6.07, 6.45) is -8.53. The molecule has 0 fully saturated rings. The van der Waals surface area contributed by atoms with Crippen LogP contribution >= 0.6 is 22.6 Å². The molecule has 0 saturated heterocycles. The van der Waals surface area contributed by atoms with Crippen LogP contribution in [0, 0.1) is 14.9 Å². The number of halogens is 6. The monoisotopic (exact) mass is 362 g/mol. The third-order valence-corrected chi connectivity index (χ3v) is 2.65. The second-order valence-electron chi connectivity index (χ2n) is 2.99. The second kappa shape index (κ2) is 5.12. The first-order valence-electron chi connectivity index (χ1n) is 4.19. The first-order valence-corrected chi connectivity index (χ1v) is 5.27. The van der Waals surface area contributed by atoms with E-state index in [0.29, 0.717) is 0 Å². The van der Waals surface area contributed by atoms with Crippen LogP contribution in [-0.4, -0.2) is 4.98 Å². The number of hydrogen-bond acceptors (Lipinski definition) is 2. The van der Waals surface area contributed by atoms with Crippen molar-refractivity contribution in [2.24, 2.45) is 0 Å². The van der Waals surface area contributed by atoms with Gasteiger partial charge >= 0.3 is 6.18 Å². The molecule has 0 aromatic carbocycles. The number of nitrogens with zero attached hydrogens (tertiary/aromatic N) is 2. The smallest absolute Gasteiger partial charge is 0.250 e. The van der Waals surface area contributed by atoms with Gasteiger partial charge in [-0.1, -0.05) is 0 Å². The average molecular weight is 362 g/mol. The maximum Gasteiger partial charge on any atom is 0.419 e. The molecule has 1 heterocycles. The number of hydrogen-bond donors (Lipinski definition) is 0. The second-order valence-corrected chi connectivity index (χ2v) is 4.15. The van der Waals surface area contributed by atoms with Crippen molar-refractivity contribution in [3.05, 3.63) is 26.6 Å². The van der Waals surface area contributed by atoms with Crippen molar-refractivity contribution in [3.8, 4) is 6.07 Å². The highest BCUT2D eigenvalue weighted by Crippen LogP contribution is 2.38. The van der Waals surface area contributed by atoms with Crippen molar-refractivity contribution in [1.29, 1.82) is 5.26 Å². The molecule has 0 atom stereocenters. The molecule has 1 rings (SSSR count). The van der Waals surface area contributed by atoms with E-state index >= 15 is 0 Å². The lowest BCUT2D eigenvalue weighted by Crippen LogP contribution is -2.15. The minimum Gasteiger partial charge on any atom is -0.250 e. The largest absolute Gasteiger partial charge is 0.419 e. The molecule has 1 aromatic heterocycles. The summed E-state index contributed by atoms with van der Waals surface area (Å²) in [5.41, 5.74) is -2.86. The van der Waals surface area contributed by atoms with E-state index in [1.54, 1.807) is 6.07 Å². The molecule has 1 aromatic rings. The summed E-state index contributed by atoms with van der Waals surface area (Å²) in [7, 11) is 0. The van der Waals surface area contributed by atoms with Gasteiger partial charge in [-0.25, -0.2) is 8.78 Å². The molecule has 0 saturated carbocycles. The lowest BCUT2D eigenvalue weighted by atomic mass is 10.1. The van der Waals surface area contributed by atoms with Gasteiger partial charge in [0.2, 0.25) is 0 Å². The van der Waals surface area contributed by atoms with Gasteiger partial charge in [-0.3, -0.25) is 4.98 Å². The highest BCUT2D eigenvalue weighted by atomic mass is 127. The highest BCUT2D eigenvalue weighted by molar-refractivity contribution is 14.1. The van der Waals surface area contributed by atoms with E-state index in [1.165, 1.54) is 22.6 Å². The van der Waals surface area contributed by atoms with Crippen molar-refractivity contribution >= 4 is 22.6 Å². The van der Waals surface area contributed by atoms with Crippen LogP contribution in [0.3, 0.4) is 0 Å². The van der Waals surface area contributed by atoms with Gasteiger partial charge in [0.05, 0.1) is 23.7 Å². The van der Waals surface area contributed by atoms with E-state index < -0.39 is 23.9 Å². The number of alkyl halides is 5. The molecule has 0 aliphatic carbocycles. The topological polar surface area (TPSA) is 36.7 Å². The quantitative estimate of drug-likeness (QED) is 0.594. The standard InChI is InChI=1S/C9H4F5IN2/c10-8(11)7-6(9(12,13)14)5(15)3-4(17-7)1-2-16/h3,8H,1H2. The Kier molecular flexibility index (Phi) is 4.24. The molecule has 2 nitrogen and oxygen atoms in total. The number of aromatic nitrogens is 1. The lowest BCUT2D eigenvalue weighted by molar-refractivity contribution is -0.140. The van der Waals surface area contributed by atoms with Gasteiger partial charge in [0, 0.05) is 3.57 Å². The van der Waals surface area contributed by atoms with Gasteiger partial charge in [-0.15, -0.1) is 0 Å². The Bertz CT molecular complexity index is 464. The van der Waals surface area contributed by atoms with Crippen molar-refractivity contribution in [2.45, 2.75) is 19.0 Å². The SMILES string of the molecule is N#CCc1cc(I)c(C(F)(F)F)c(C(F)F)n1. The Labute approximate surface area is 107 Å². The summed E-state index contributed by atoms with van der Waals surface area (Å²) in [5, 5.41) is 8.37. The molecule has 0 unspecified atom stereocenters. The number of rotatable bonds is 2. The summed E-state index contributed by atoms with van der Waals surface area (Å²) in [6.45, 7) is 0. The van der Waals surface area contributed by atoms with Crippen molar-refractivity contribution in [3.63, 3.8) is 0 Å². The molecule has 0 aliphatic rings. The number of nitriles is 1. The van der Waals surface area contributed by atoms with Crippen LogP contribution < -0.4 is 0 Å². The Hall–Kier alpha value is -0.980. The molecule has 0 N–H and O–H groups in total. The van der Waals surface area contributed by atoms with Crippen LogP contribution in [0.5, 0.6) is 0 Å². The molecule has 0 amide bonds. The summed E-state index contributed by atoms with van der Waals surface area (Å²) < 4.78 is 62.3. The van der Waals surface area contributed by atoms with Crippen LogP contribution in [0.2, 0.25) is 0 Å². The maximum atomic E-state index is 12.5. The zero-order chi connectivity index (χ0) is 13.2. The Morgan fingerprint density at radius 1 is 1.41 bits per heavy atom. The zero-order valence-electron chi connectivity index (χ0n) is 8.02. The third kappa shape index (κ3) is 3.24. The summed E-state index contributed by atoms with van der Waals surface area (Å²) in [5.74, 6) is 0. The molecule has 0 aliphatic heterocycles. The molecule has 17 heavy (non-hydrogen) atoms. The Morgan fingerprint density at radius 2 is 2.00 bits per heavy atom. The lowest BCUT2D eigenvalue weighted by Gasteiger charge is -2.14. The molecule has 92 valence electrons. The van der Waals surface area contributed by atoms with Gasteiger partial charge in [-0.05, 0) is 28.7 Å². The van der Waals surface area contributed by atoms with Crippen molar-refractivity contribution < 1.29 is 22.0 Å². The van der Waals surface area contributed by atoms with Crippen LogP contribution in [-0.2, 0) is 12.6 Å². The van der Waals surface area contributed by atoms with Gasteiger partial charge < -0.3 is 0 Å². The summed E-state index contributed by atoms with van der Waals surface area (Å²) >= 11 is 1.31. The number of pyridine rings is 1. The van der Waals surface area contributed by atoms with Crippen molar-refractivity contribution in [2.75, 3.05) is 0 Å². The normalized spacial score (nSPS) is 11.6. The van der Waals surface area contributed by atoms with Gasteiger partial charge in [-0.2, -0.15) is 18.4 Å². The maximum absolute atomic E-state index is 12.5. The van der Waals surface area contributed by atoms with E-state index in [4.69, 9.17) is 5.26 Å². The van der Waals surface area contributed by atoms with E-state index in [1.807, 2.05) is 0 Å². The Balaban J connectivity index is 3.45. The van der Waals surface area contributed by atoms with E-state index in [2.05, 4.69) is 4.98 Å². The minimum absolute atomic E-state index is 0.0970. The fraction of sp³-hybridized carbons (Fsp3) is 0.333. The fourth-order valence-electron chi connectivity index (χ4n) is 1.19. The molecule has 0 bridgehead atoms. The molecular weight excluding hydrogens is 358 g/mol. The van der Waals surface area contributed by atoms with Crippen LogP contribution in [0.15, 0.2) is 6.07 Å². The fourth-order valence-corrected chi connectivity index (χ4v) is 2.14. The summed E-state index contributed by atoms with van der Waals surface area (Å²) in [4.78, 5) is 3.19. The van der Waals surface area contributed by atoms with Crippen LogP contribution in [0.1, 0.15) is 23.4 Å². The van der Waals surface area contributed by atoms with Crippen LogP contribution in [0.4, 0.5) is 22.0 Å². The summed E-state index contributed by atoms with van der Waals surface area (Å²) in [6, 6.07) is 2.63. The van der Waals surface area contributed by atoms with Gasteiger partial charge in [0.15, 0.2) is 0 Å². The Morgan fingerprint density at radius 3 is 2.41 bits per heavy atom. The van der Waals surface area contributed by atoms with Crippen LogP contribution in [0.25, 0.3) is 0 Å². The first-order chi connectivity index (χ1) is 7.77. The average Bonchev–Trinajstić information content (AvgIpc) is 2.14. The molecule has 0 radical (unpaired) electrons. The van der Waals surface area contributed by atoms with Gasteiger partial charge in [0.1, 0.15) is 5.69 Å². The molecule has 0 spiro atoms.